The fraction of sp³-hybridized carbons (Fsp3) is 0.674. The van der Waals surface area contributed by atoms with Crippen LogP contribution in [0.2, 0.25) is 0 Å². The molecule has 0 spiro atoms. The number of anilines is 1. The molecule has 4 aromatic rings. The van der Waals surface area contributed by atoms with Gasteiger partial charge >= 0.3 is 5.97 Å². The molecule has 0 radical (unpaired) electrons. The maximum Gasteiger partial charge on any atom is 0.329 e. The number of esters is 1. The number of fused-ring (bicyclic) bond motifs is 4. The first-order chi connectivity index (χ1) is 59.8. The number of cyclic esters (lactones) is 1. The van der Waals surface area contributed by atoms with Gasteiger partial charge in [-0.15, -0.1) is 5.10 Å². The van der Waals surface area contributed by atoms with Crippen molar-refractivity contribution in [1.29, 1.82) is 0 Å². The number of nitrogens with one attached hydrogen (secondary N) is 2. The number of benzene rings is 1. The lowest BCUT2D eigenvalue weighted by molar-refractivity contribution is -0.265. The van der Waals surface area contributed by atoms with Crippen LogP contribution in [0.25, 0.3) is 22.3 Å². The lowest BCUT2D eigenvalue weighted by Gasteiger charge is -2.42. The Bertz CT molecular complexity index is 4220. The maximum absolute atomic E-state index is 14.7. The number of rotatable bonds is 39. The Morgan fingerprint density at radius 3 is 2.20 bits per heavy atom. The van der Waals surface area contributed by atoms with Gasteiger partial charge in [0.05, 0.1) is 128 Å². The Morgan fingerprint density at radius 2 is 1.49 bits per heavy atom. The van der Waals surface area contributed by atoms with Crippen LogP contribution in [0.3, 0.4) is 0 Å². The smallest absolute Gasteiger partial charge is 0.329 e. The van der Waals surface area contributed by atoms with E-state index in [0.717, 1.165) is 34.8 Å². The van der Waals surface area contributed by atoms with Crippen LogP contribution in [0.4, 0.5) is 5.82 Å². The molecule has 2 saturated heterocycles. The molecule has 9 rings (SSSR count). The highest BCUT2D eigenvalue weighted by atomic mass is 32.2. The Labute approximate surface area is 731 Å². The number of hydrogen-bond acceptors (Lipinski definition) is 30. The predicted octanol–water partition coefficient (Wildman–Crippen LogP) is 7.16. The van der Waals surface area contributed by atoms with E-state index >= 15 is 0 Å². The van der Waals surface area contributed by atoms with Gasteiger partial charge in [-0.1, -0.05) is 93.3 Å². The Kier molecular flexibility index (Phi) is 42.1. The van der Waals surface area contributed by atoms with Crippen LogP contribution < -0.4 is 22.1 Å². The van der Waals surface area contributed by atoms with Crippen molar-refractivity contribution in [3.8, 4) is 11.3 Å². The molecule has 0 unspecified atom stereocenters. The van der Waals surface area contributed by atoms with Crippen LogP contribution in [0, 0.1) is 29.6 Å². The van der Waals surface area contributed by atoms with Gasteiger partial charge in [0.15, 0.2) is 16.6 Å². The van der Waals surface area contributed by atoms with Gasteiger partial charge in [0.1, 0.15) is 48.0 Å². The van der Waals surface area contributed by atoms with Gasteiger partial charge < -0.3 is 94.4 Å². The van der Waals surface area contributed by atoms with E-state index < -0.39 is 95.4 Å². The van der Waals surface area contributed by atoms with Crippen molar-refractivity contribution in [2.45, 2.75) is 231 Å². The summed E-state index contributed by atoms with van der Waals surface area (Å²) in [6, 6.07) is 5.04. The summed E-state index contributed by atoms with van der Waals surface area (Å²) >= 11 is 1.51. The number of carbonyl (C=O) groups is 7. The van der Waals surface area contributed by atoms with E-state index in [0.29, 0.717) is 221 Å². The lowest BCUT2D eigenvalue weighted by Crippen LogP contribution is -2.61. The summed E-state index contributed by atoms with van der Waals surface area (Å²) in [5, 5.41) is 55.1. The molecule has 686 valence electrons. The van der Waals surface area contributed by atoms with Crippen molar-refractivity contribution < 1.29 is 101 Å². The van der Waals surface area contributed by atoms with E-state index in [1.807, 2.05) is 56.5 Å². The number of unbranched alkanes of at least 4 members (excludes halogenated alkanes) is 2. The quantitative estimate of drug-likeness (QED) is 0.0101. The van der Waals surface area contributed by atoms with Gasteiger partial charge in [0.25, 0.3) is 17.6 Å². The number of amidine groups is 1. The number of aryl methyl sites for hydroxylation is 2. The number of amides is 3. The maximum atomic E-state index is 14.7. The van der Waals surface area contributed by atoms with E-state index in [-0.39, 0.29) is 80.3 Å². The Morgan fingerprint density at radius 1 is 0.766 bits per heavy atom. The van der Waals surface area contributed by atoms with E-state index in [1.165, 1.54) is 31.1 Å². The summed E-state index contributed by atoms with van der Waals surface area (Å²) in [7, 11) is 3.20. The number of ether oxygens (including phenoxy) is 11. The van der Waals surface area contributed by atoms with Crippen LogP contribution in [-0.2, 0) is 100 Å². The van der Waals surface area contributed by atoms with Gasteiger partial charge in [0.2, 0.25) is 11.7 Å². The minimum absolute atomic E-state index is 0.0248. The zero-order valence-electron chi connectivity index (χ0n) is 73.5. The molecule has 4 aliphatic heterocycles. The zero-order valence-corrected chi connectivity index (χ0v) is 74.3. The molecule has 34 nitrogen and oxygen atoms in total. The first-order valence-electron chi connectivity index (χ1n) is 44.0. The number of carbonyl (C=O) groups excluding carboxylic acids is 7. The predicted molar refractivity (Wildman–Crippen MR) is 465 cm³/mol. The molecule has 3 fully saturated rings. The Balaban J connectivity index is 0.608. The van der Waals surface area contributed by atoms with Crippen LogP contribution in [0.15, 0.2) is 89.4 Å². The molecule has 124 heavy (non-hydrogen) atoms. The lowest BCUT2D eigenvalue weighted by atomic mass is 9.80. The van der Waals surface area contributed by atoms with Crippen molar-refractivity contribution in [2.24, 2.45) is 40.3 Å². The minimum Gasteiger partial charge on any atom is -0.459 e. The van der Waals surface area contributed by atoms with Gasteiger partial charge in [-0.3, -0.25) is 33.8 Å². The summed E-state index contributed by atoms with van der Waals surface area (Å²) in [5.41, 5.74) is 17.6. The second-order valence-electron chi connectivity index (χ2n) is 32.9. The number of aliphatic hydroxyl groups excluding tert-OH is 2. The molecule has 5 aliphatic rings. The second kappa shape index (κ2) is 52.3. The molecule has 1 saturated carbocycles. The van der Waals surface area contributed by atoms with Crippen molar-refractivity contribution in [3.05, 3.63) is 95.6 Å². The van der Waals surface area contributed by atoms with Crippen molar-refractivity contribution in [1.82, 2.24) is 50.3 Å². The number of piperidine rings is 1. The fourth-order valence-electron chi connectivity index (χ4n) is 16.1. The normalized spacial score (nSPS) is 27.4. The van der Waals surface area contributed by atoms with Gasteiger partial charge in [-0.2, -0.15) is 5.10 Å². The number of nitrogens with zero attached hydrogens (tertiary/aromatic N) is 9. The first kappa shape index (κ1) is 99.8. The summed E-state index contributed by atoms with van der Waals surface area (Å²) < 4.78 is 68.2. The second-order valence-corrected chi connectivity index (χ2v) is 34.0. The standard InChI is InChI=1S/C89H133N13O21S/c1-58-19-10-9-11-20-59(2)73(113-7)54-68-27-25-63(6)89(112,123-68)82(108)86(110)101-32-15-12-24-70(101)87(111)122-74(55-71(103)60(3)50-62(5)80(106)81(107)79(105)61(4)49-58)69(90)51-64-26-28-72(75(52-64)114-8)121-35-17-13-23-67-56-100(99-97-67)34-37-116-39-41-118-43-45-120-47-46-119-44-42-117-40-38-115-36-29-76(104)92-30-14-16-33-102-84-77(83(91)94-57-95-84)78(98-102)65-21-18-22-66(53-65)85(109)96-88-93-31-48-124-88/h9-11,18-22,50,53,56-58,60-61,63-64,68-70,72-75,80-81,106-107,112H,12-17,23-49,51-52,54-55,90H2,1-8H3,(H,92,104)(H2,91,94,95)(H,93,96,109)/b11-9+,19-10+,59-20+,62-50+/t58-,60-,61-,63-,64+,68+,69-,70+,72-,73+,74+,75-,80-,81+,89-/m1/s1. The third-order valence-electron chi connectivity index (χ3n) is 23.4. The number of Topliss-reactive ketones (excluding diaryl/α,β-unsaturated/α-hetero) is 3. The topological polar surface area (TPSA) is 448 Å². The molecular weight excluding hydrogens is 1620 g/mol. The largest absolute Gasteiger partial charge is 0.459 e. The average Bonchev–Trinajstić information content (AvgIpc) is 1.46. The summed E-state index contributed by atoms with van der Waals surface area (Å²) in [6.45, 7) is 17.8. The monoisotopic (exact) mass is 1750 g/mol. The number of hydrogen-bond donors (Lipinski definition) is 7. The highest BCUT2D eigenvalue weighted by Gasteiger charge is 2.53. The van der Waals surface area contributed by atoms with E-state index in [2.05, 4.69) is 35.9 Å². The highest BCUT2D eigenvalue weighted by Crippen LogP contribution is 2.39. The third kappa shape index (κ3) is 30.9. The van der Waals surface area contributed by atoms with Crippen molar-refractivity contribution >= 4 is 74.8 Å². The molecular formula is C89H133N13O21S. The molecule has 15 atom stereocenters. The molecule has 9 N–H and O–H groups in total. The average molecular weight is 1750 g/mol. The summed E-state index contributed by atoms with van der Waals surface area (Å²) in [5.74, 6) is -8.13. The molecule has 7 heterocycles. The SMILES string of the molecule is CO[C@H]1C[C@@H]2CC[C@@H](C)[C@@](O)(O2)C(=O)C(=O)N2CCCC[C@H]2C(=O)O[C@H]([C@H](N)C[C@@H]2CC[C@@H](OCCCCc3cn(CCOCCOCCOCCOCCOCCOCCC(=O)NCCCCn4nc(-c5cccc(C(=O)NC6=NCCS6)c5)c5c(N)ncnc54)nn3)[C@H](OC)C2)CC(=O)[C@H](C)/C=C(\C)[C@@H](O)[C@@H](O)C(=O)[C@H](C)C[C@H](C)/C=C/C=C/C=C/1C. The van der Waals surface area contributed by atoms with Gasteiger partial charge in [-0.25, -0.2) is 24.1 Å². The number of nitrogen functional groups attached to an aromatic ring is 1. The van der Waals surface area contributed by atoms with E-state index in [9.17, 15) is 48.9 Å². The molecule has 1 aromatic carbocycles. The van der Waals surface area contributed by atoms with E-state index in [4.69, 9.17) is 68.7 Å². The van der Waals surface area contributed by atoms with Crippen LogP contribution in [0.5, 0.6) is 0 Å². The summed E-state index contributed by atoms with van der Waals surface area (Å²) in [6.07, 6.45) is 16.5. The molecule has 2 bridgehead atoms. The number of aromatic nitrogens is 7. The highest BCUT2D eigenvalue weighted by molar-refractivity contribution is 8.14. The van der Waals surface area contributed by atoms with Crippen molar-refractivity contribution in [3.63, 3.8) is 0 Å². The van der Waals surface area contributed by atoms with Gasteiger partial charge in [-0.05, 0) is 145 Å². The number of aliphatic imine (C=N–C) groups is 1. The van der Waals surface area contributed by atoms with Crippen LogP contribution in [-0.4, -0.2) is 287 Å². The van der Waals surface area contributed by atoms with Crippen LogP contribution >= 0.6 is 11.8 Å². The molecule has 1 aliphatic carbocycles. The van der Waals surface area contributed by atoms with Crippen molar-refractivity contribution in [2.75, 3.05) is 131 Å². The minimum atomic E-state index is -2.49. The first-order valence-corrected chi connectivity index (χ1v) is 45.0. The number of nitrogens with two attached hydrogens (primary N) is 2. The van der Waals surface area contributed by atoms with Crippen LogP contribution in [0.1, 0.15) is 167 Å². The zero-order chi connectivity index (χ0) is 88.9. The molecule has 3 aromatic heterocycles. The Hall–Kier alpha value is -7.98. The number of methoxy groups -OCH3 is 2. The number of ketones is 3. The summed E-state index contributed by atoms with van der Waals surface area (Å²) in [4.78, 5) is 111. The van der Waals surface area contributed by atoms with E-state index in [1.54, 1.807) is 62.6 Å². The fourth-order valence-corrected chi connectivity index (χ4v) is 16.8. The number of allylic oxidation sites excluding steroid dienone is 6. The number of aliphatic hydroxyl groups is 3. The van der Waals surface area contributed by atoms with Gasteiger partial charge in [0, 0.05) is 107 Å². The number of thioether (sulfide) groups is 1. The molecule has 3 amide bonds. The third-order valence-corrected chi connectivity index (χ3v) is 24.3. The molecule has 35 heteroatoms.